The predicted octanol–water partition coefficient (Wildman–Crippen LogP) is 3.65. The van der Waals surface area contributed by atoms with Crippen LogP contribution < -0.4 is 5.32 Å². The number of hydrogen-bond donors (Lipinski definition) is 1. The van der Waals surface area contributed by atoms with Crippen LogP contribution in [0.5, 0.6) is 0 Å². The smallest absolute Gasteiger partial charge is 0.0645 e. The molecule has 2 aromatic carbocycles. The highest BCUT2D eigenvalue weighted by Gasteiger charge is 2.07. The second-order valence-electron chi connectivity index (χ2n) is 4.95. The van der Waals surface area contributed by atoms with Gasteiger partial charge in [0.15, 0.2) is 0 Å². The van der Waals surface area contributed by atoms with E-state index in [0.717, 1.165) is 24.3 Å². The topological polar surface area (TPSA) is 29.9 Å². The van der Waals surface area contributed by atoms with Crippen molar-refractivity contribution in [2.75, 3.05) is 6.54 Å². The van der Waals surface area contributed by atoms with Gasteiger partial charge in [0, 0.05) is 18.3 Å². The first kappa shape index (κ1) is 13.6. The number of benzene rings is 2. The van der Waals surface area contributed by atoms with Crippen LogP contribution in [0.2, 0.25) is 0 Å². The third-order valence-electron chi connectivity index (χ3n) is 3.50. The fourth-order valence-electron chi connectivity index (χ4n) is 2.40. The summed E-state index contributed by atoms with van der Waals surface area (Å²) in [6.45, 7) is 3.97. The summed E-state index contributed by atoms with van der Waals surface area (Å²) in [7, 11) is 0. The molecule has 106 valence electrons. The Bertz CT molecular complexity index is 701. The lowest BCUT2D eigenvalue weighted by molar-refractivity contribution is 0.728. The third kappa shape index (κ3) is 3.03. The fraction of sp³-hybridized carbons (Fsp3) is 0.167. The van der Waals surface area contributed by atoms with Gasteiger partial charge in [-0.25, -0.2) is 4.68 Å². The monoisotopic (exact) mass is 277 g/mol. The fourth-order valence-corrected chi connectivity index (χ4v) is 2.40. The molecule has 3 heteroatoms. The van der Waals surface area contributed by atoms with E-state index in [0.29, 0.717) is 0 Å². The van der Waals surface area contributed by atoms with E-state index in [1.807, 2.05) is 29.1 Å². The van der Waals surface area contributed by atoms with E-state index in [1.54, 1.807) is 0 Å². The molecule has 3 nitrogen and oxygen atoms in total. The summed E-state index contributed by atoms with van der Waals surface area (Å²) in [4.78, 5) is 0. The van der Waals surface area contributed by atoms with Crippen LogP contribution in [-0.4, -0.2) is 16.3 Å². The maximum atomic E-state index is 4.48. The Morgan fingerprint density at radius 3 is 2.57 bits per heavy atom. The largest absolute Gasteiger partial charge is 0.313 e. The van der Waals surface area contributed by atoms with Gasteiger partial charge in [0.1, 0.15) is 0 Å². The molecule has 0 fully saturated rings. The Hall–Kier alpha value is -2.39. The summed E-state index contributed by atoms with van der Waals surface area (Å²) >= 11 is 0. The summed E-state index contributed by atoms with van der Waals surface area (Å²) < 4.78 is 1.92. The van der Waals surface area contributed by atoms with Gasteiger partial charge < -0.3 is 5.32 Å². The molecule has 0 aliphatic carbocycles. The van der Waals surface area contributed by atoms with Crippen molar-refractivity contribution in [2.45, 2.75) is 13.5 Å². The van der Waals surface area contributed by atoms with E-state index in [9.17, 15) is 0 Å². The molecule has 1 heterocycles. The first-order valence-corrected chi connectivity index (χ1v) is 7.27. The van der Waals surface area contributed by atoms with E-state index in [4.69, 9.17) is 0 Å². The van der Waals surface area contributed by atoms with Crippen LogP contribution in [0.3, 0.4) is 0 Å². The average Bonchev–Trinajstić information content (AvgIpc) is 3.04. The van der Waals surface area contributed by atoms with E-state index in [-0.39, 0.29) is 0 Å². The molecule has 0 bridgehead atoms. The average molecular weight is 277 g/mol. The highest BCUT2D eigenvalue weighted by molar-refractivity contribution is 5.66. The number of para-hydroxylation sites is 1. The Morgan fingerprint density at radius 1 is 1.00 bits per heavy atom. The minimum Gasteiger partial charge on any atom is -0.313 e. The Labute approximate surface area is 125 Å². The van der Waals surface area contributed by atoms with E-state index < -0.39 is 0 Å². The molecule has 0 spiro atoms. The highest BCUT2D eigenvalue weighted by atomic mass is 15.3. The molecule has 0 aliphatic rings. The van der Waals surface area contributed by atoms with Crippen LogP contribution >= 0.6 is 0 Å². The molecule has 0 amide bonds. The van der Waals surface area contributed by atoms with Crippen molar-refractivity contribution in [1.29, 1.82) is 0 Å². The van der Waals surface area contributed by atoms with Crippen molar-refractivity contribution in [2.24, 2.45) is 0 Å². The number of rotatable bonds is 5. The number of nitrogens with one attached hydrogen (secondary N) is 1. The molecule has 1 N–H and O–H groups in total. The maximum absolute atomic E-state index is 4.48. The number of hydrogen-bond acceptors (Lipinski definition) is 2. The summed E-state index contributed by atoms with van der Waals surface area (Å²) in [5, 5.41) is 7.87. The van der Waals surface area contributed by atoms with Gasteiger partial charge in [-0.1, -0.05) is 49.4 Å². The van der Waals surface area contributed by atoms with E-state index >= 15 is 0 Å². The molecular formula is C18H19N3. The molecule has 0 saturated heterocycles. The van der Waals surface area contributed by atoms with Crippen LogP contribution in [0.15, 0.2) is 67.0 Å². The summed E-state index contributed by atoms with van der Waals surface area (Å²) in [5.74, 6) is 0. The summed E-state index contributed by atoms with van der Waals surface area (Å²) in [5.41, 5.74) is 4.76. The lowest BCUT2D eigenvalue weighted by atomic mass is 10.0. The molecule has 0 radical (unpaired) electrons. The van der Waals surface area contributed by atoms with Gasteiger partial charge >= 0.3 is 0 Å². The molecule has 0 unspecified atom stereocenters. The Balaban J connectivity index is 1.93. The second-order valence-corrected chi connectivity index (χ2v) is 4.95. The standard InChI is InChI=1S/C18H19N3/c1-2-19-12-15-8-6-7-11-18(15)16-13-20-21(14-16)17-9-4-3-5-10-17/h3-11,13-14,19H,2,12H2,1H3. The molecule has 3 rings (SSSR count). The normalized spacial score (nSPS) is 10.7. The quantitative estimate of drug-likeness (QED) is 0.771. The van der Waals surface area contributed by atoms with Crippen LogP contribution in [0.25, 0.3) is 16.8 Å². The van der Waals surface area contributed by atoms with Crippen LogP contribution in [0.1, 0.15) is 12.5 Å². The molecule has 0 aliphatic heterocycles. The van der Waals surface area contributed by atoms with E-state index in [1.165, 1.54) is 11.1 Å². The van der Waals surface area contributed by atoms with Crippen molar-refractivity contribution in [3.63, 3.8) is 0 Å². The molecule has 1 aromatic heterocycles. The molecule has 0 atom stereocenters. The van der Waals surface area contributed by atoms with Gasteiger partial charge in [-0.05, 0) is 29.8 Å². The van der Waals surface area contributed by atoms with Gasteiger partial charge in [-0.2, -0.15) is 5.10 Å². The minimum atomic E-state index is 0.878. The zero-order valence-electron chi connectivity index (χ0n) is 12.2. The summed E-state index contributed by atoms with van der Waals surface area (Å²) in [6, 6.07) is 18.6. The minimum absolute atomic E-state index is 0.878. The van der Waals surface area contributed by atoms with Crippen LogP contribution in [-0.2, 0) is 6.54 Å². The van der Waals surface area contributed by atoms with Gasteiger partial charge in [-0.15, -0.1) is 0 Å². The van der Waals surface area contributed by atoms with Crippen molar-refractivity contribution in [1.82, 2.24) is 15.1 Å². The van der Waals surface area contributed by atoms with Gasteiger partial charge in [0.2, 0.25) is 0 Å². The summed E-state index contributed by atoms with van der Waals surface area (Å²) in [6.07, 6.45) is 4.01. The van der Waals surface area contributed by atoms with Crippen LogP contribution in [0, 0.1) is 0 Å². The predicted molar refractivity (Wildman–Crippen MR) is 86.4 cm³/mol. The van der Waals surface area contributed by atoms with Gasteiger partial charge in [-0.3, -0.25) is 0 Å². The highest BCUT2D eigenvalue weighted by Crippen LogP contribution is 2.24. The third-order valence-corrected chi connectivity index (χ3v) is 3.50. The molecule has 0 saturated carbocycles. The SMILES string of the molecule is CCNCc1ccccc1-c1cnn(-c2ccccc2)c1. The van der Waals surface area contributed by atoms with Crippen molar-refractivity contribution < 1.29 is 0 Å². The van der Waals surface area contributed by atoms with Crippen molar-refractivity contribution >= 4 is 0 Å². The molecular weight excluding hydrogens is 258 g/mol. The van der Waals surface area contributed by atoms with Gasteiger partial charge in [0.25, 0.3) is 0 Å². The van der Waals surface area contributed by atoms with Crippen molar-refractivity contribution in [3.05, 3.63) is 72.6 Å². The first-order valence-electron chi connectivity index (χ1n) is 7.27. The zero-order chi connectivity index (χ0) is 14.5. The zero-order valence-corrected chi connectivity index (χ0v) is 12.2. The molecule has 21 heavy (non-hydrogen) atoms. The number of aromatic nitrogens is 2. The lowest BCUT2D eigenvalue weighted by Gasteiger charge is -2.08. The Kier molecular flexibility index (Phi) is 4.12. The van der Waals surface area contributed by atoms with E-state index in [2.05, 4.69) is 59.9 Å². The lowest BCUT2D eigenvalue weighted by Crippen LogP contribution is -2.12. The molecule has 3 aromatic rings. The first-order chi connectivity index (χ1) is 10.4. The Morgan fingerprint density at radius 2 is 1.76 bits per heavy atom. The van der Waals surface area contributed by atoms with Crippen molar-refractivity contribution in [3.8, 4) is 16.8 Å². The van der Waals surface area contributed by atoms with Gasteiger partial charge in [0.05, 0.1) is 11.9 Å². The second kappa shape index (κ2) is 6.37. The maximum Gasteiger partial charge on any atom is 0.0645 e. The van der Waals surface area contributed by atoms with Crippen LogP contribution in [0.4, 0.5) is 0 Å². The number of nitrogens with zero attached hydrogens (tertiary/aromatic N) is 2.